The zero-order valence-corrected chi connectivity index (χ0v) is 15.3. The average molecular weight is 380 g/mol. The molecule has 0 bridgehead atoms. The van der Waals surface area contributed by atoms with E-state index in [1.54, 1.807) is 24.4 Å². The lowest BCUT2D eigenvalue weighted by Crippen LogP contribution is -2.16. The lowest BCUT2D eigenvalue weighted by atomic mass is 10.2. The molecule has 0 amide bonds. The zero-order valence-electron chi connectivity index (χ0n) is 13.8. The van der Waals surface area contributed by atoms with Gasteiger partial charge < -0.3 is 10.5 Å². The summed E-state index contributed by atoms with van der Waals surface area (Å²) in [4.78, 5) is 0. The Morgan fingerprint density at radius 3 is 2.80 bits per heavy atom. The van der Waals surface area contributed by atoms with Gasteiger partial charge in [-0.25, -0.2) is 0 Å². The molecule has 0 unspecified atom stereocenters. The molecular formula is C17H19Cl2N5O. The minimum absolute atomic E-state index is 0.480. The van der Waals surface area contributed by atoms with Crippen molar-refractivity contribution < 1.29 is 4.74 Å². The molecule has 132 valence electrons. The Bertz CT molecular complexity index is 845. The highest BCUT2D eigenvalue weighted by molar-refractivity contribution is 6.34. The van der Waals surface area contributed by atoms with Crippen LogP contribution >= 0.6 is 23.2 Å². The van der Waals surface area contributed by atoms with Crippen molar-refractivity contribution in [1.29, 1.82) is 0 Å². The highest BCUT2D eigenvalue weighted by atomic mass is 35.5. The topological polar surface area (TPSA) is 70.9 Å². The van der Waals surface area contributed by atoms with Gasteiger partial charge in [0.05, 0.1) is 18.1 Å². The van der Waals surface area contributed by atoms with Gasteiger partial charge >= 0.3 is 0 Å². The summed E-state index contributed by atoms with van der Waals surface area (Å²) in [6.45, 7) is 3.62. The molecule has 0 aliphatic rings. The third-order valence-electron chi connectivity index (χ3n) is 3.73. The van der Waals surface area contributed by atoms with Crippen LogP contribution in [0.25, 0.3) is 0 Å². The summed E-state index contributed by atoms with van der Waals surface area (Å²) in [5, 5.41) is 9.96. The summed E-state index contributed by atoms with van der Waals surface area (Å²) in [6.07, 6.45) is 4.34. The van der Waals surface area contributed by atoms with Crippen LogP contribution in [0.4, 0.5) is 0 Å². The molecule has 3 rings (SSSR count). The van der Waals surface area contributed by atoms with E-state index < -0.39 is 0 Å². The molecule has 0 aliphatic carbocycles. The molecule has 2 N–H and O–H groups in total. The molecule has 0 aliphatic heterocycles. The molecule has 0 fully saturated rings. The maximum absolute atomic E-state index is 6.26. The van der Waals surface area contributed by atoms with Crippen LogP contribution in [0.3, 0.4) is 0 Å². The summed E-state index contributed by atoms with van der Waals surface area (Å²) < 4.78 is 9.82. The molecule has 0 saturated carbocycles. The first kappa shape index (κ1) is 17.8. The maximum Gasteiger partial charge on any atom is 0.173 e. The molecule has 2 heterocycles. The summed E-state index contributed by atoms with van der Waals surface area (Å²) in [5.74, 6) is 1.17. The smallest absolute Gasteiger partial charge is 0.173 e. The van der Waals surface area contributed by atoms with Gasteiger partial charge in [0.15, 0.2) is 5.75 Å². The van der Waals surface area contributed by atoms with E-state index in [4.69, 9.17) is 33.7 Å². The standard InChI is InChI=1S/C17H19Cl2N5O/c1-2-14-17(25-16-10-12(18)4-5-13(16)19)15(24(22-14)9-6-20)11-23-8-3-7-21-23/h3-5,7-8,10H,2,6,9,11,20H2,1H3. The molecule has 0 spiro atoms. The van der Waals surface area contributed by atoms with E-state index in [2.05, 4.69) is 10.2 Å². The highest BCUT2D eigenvalue weighted by Gasteiger charge is 2.20. The fourth-order valence-electron chi connectivity index (χ4n) is 2.56. The molecule has 8 heteroatoms. The second kappa shape index (κ2) is 7.91. The first-order valence-electron chi connectivity index (χ1n) is 8.01. The number of nitrogens with zero attached hydrogens (tertiary/aromatic N) is 4. The first-order valence-corrected chi connectivity index (χ1v) is 8.77. The Morgan fingerprint density at radius 1 is 1.28 bits per heavy atom. The SMILES string of the molecule is CCc1nn(CCN)c(Cn2cccn2)c1Oc1cc(Cl)ccc1Cl. The molecule has 1 aromatic carbocycles. The first-order chi connectivity index (χ1) is 12.1. The van der Waals surface area contributed by atoms with Gasteiger partial charge in [-0.15, -0.1) is 0 Å². The van der Waals surface area contributed by atoms with Gasteiger partial charge in [-0.05, 0) is 24.6 Å². The van der Waals surface area contributed by atoms with Crippen molar-refractivity contribution in [3.8, 4) is 11.5 Å². The fourth-order valence-corrected chi connectivity index (χ4v) is 2.88. The van der Waals surface area contributed by atoms with Crippen molar-refractivity contribution >= 4 is 23.2 Å². The minimum Gasteiger partial charge on any atom is -0.452 e. The van der Waals surface area contributed by atoms with Crippen molar-refractivity contribution in [3.05, 3.63) is 58.1 Å². The number of hydrogen-bond donors (Lipinski definition) is 1. The summed E-state index contributed by atoms with van der Waals surface area (Å²) in [7, 11) is 0. The number of hydrogen-bond acceptors (Lipinski definition) is 4. The van der Waals surface area contributed by atoms with E-state index >= 15 is 0 Å². The molecule has 2 aromatic heterocycles. The van der Waals surface area contributed by atoms with E-state index in [1.165, 1.54) is 0 Å². The molecular weight excluding hydrogens is 361 g/mol. The van der Waals surface area contributed by atoms with E-state index in [0.717, 1.165) is 17.8 Å². The van der Waals surface area contributed by atoms with Crippen LogP contribution in [-0.2, 0) is 19.5 Å². The lowest BCUT2D eigenvalue weighted by Gasteiger charge is -2.12. The van der Waals surface area contributed by atoms with Crippen LogP contribution in [0.2, 0.25) is 10.0 Å². The monoisotopic (exact) mass is 379 g/mol. The van der Waals surface area contributed by atoms with E-state index in [0.29, 0.717) is 41.2 Å². The van der Waals surface area contributed by atoms with Gasteiger partial charge in [0.1, 0.15) is 17.1 Å². The Labute approximate surface area is 156 Å². The summed E-state index contributed by atoms with van der Waals surface area (Å²) in [6, 6.07) is 7.00. The second-order valence-electron chi connectivity index (χ2n) is 5.47. The van der Waals surface area contributed by atoms with Gasteiger partial charge in [-0.1, -0.05) is 30.1 Å². The van der Waals surface area contributed by atoms with Gasteiger partial charge in [0.25, 0.3) is 0 Å². The molecule has 0 saturated heterocycles. The van der Waals surface area contributed by atoms with Crippen LogP contribution < -0.4 is 10.5 Å². The van der Waals surface area contributed by atoms with E-state index in [1.807, 2.05) is 28.6 Å². The van der Waals surface area contributed by atoms with Crippen LogP contribution in [0.1, 0.15) is 18.3 Å². The molecule has 25 heavy (non-hydrogen) atoms. The van der Waals surface area contributed by atoms with Gasteiger partial charge in [-0.3, -0.25) is 9.36 Å². The Morgan fingerprint density at radius 2 is 2.12 bits per heavy atom. The van der Waals surface area contributed by atoms with Crippen LogP contribution in [0.5, 0.6) is 11.5 Å². The fraction of sp³-hybridized carbons (Fsp3) is 0.294. The van der Waals surface area contributed by atoms with Crippen LogP contribution in [-0.4, -0.2) is 26.1 Å². The van der Waals surface area contributed by atoms with Crippen LogP contribution in [0.15, 0.2) is 36.7 Å². The lowest BCUT2D eigenvalue weighted by molar-refractivity contribution is 0.461. The molecule has 0 radical (unpaired) electrons. The van der Waals surface area contributed by atoms with Crippen molar-refractivity contribution in [1.82, 2.24) is 19.6 Å². The van der Waals surface area contributed by atoms with Crippen molar-refractivity contribution in [2.45, 2.75) is 26.4 Å². The van der Waals surface area contributed by atoms with E-state index in [9.17, 15) is 0 Å². The predicted molar refractivity (Wildman–Crippen MR) is 98.5 cm³/mol. The van der Waals surface area contributed by atoms with Crippen LogP contribution in [0, 0.1) is 0 Å². The Kier molecular flexibility index (Phi) is 5.63. The van der Waals surface area contributed by atoms with E-state index in [-0.39, 0.29) is 0 Å². The average Bonchev–Trinajstić information content (AvgIpc) is 3.21. The Balaban J connectivity index is 2.04. The molecule has 6 nitrogen and oxygen atoms in total. The normalized spacial score (nSPS) is 11.0. The van der Waals surface area contributed by atoms with Gasteiger partial charge in [-0.2, -0.15) is 10.2 Å². The van der Waals surface area contributed by atoms with Crippen molar-refractivity contribution in [3.63, 3.8) is 0 Å². The quantitative estimate of drug-likeness (QED) is 0.678. The Hall–Kier alpha value is -2.02. The zero-order chi connectivity index (χ0) is 17.8. The number of rotatable bonds is 7. The number of aromatic nitrogens is 4. The van der Waals surface area contributed by atoms with Crippen molar-refractivity contribution in [2.24, 2.45) is 5.73 Å². The third-order valence-corrected chi connectivity index (χ3v) is 4.28. The number of nitrogens with two attached hydrogens (primary N) is 1. The summed E-state index contributed by atoms with van der Waals surface area (Å²) in [5.41, 5.74) is 7.47. The number of benzene rings is 1. The number of aryl methyl sites for hydroxylation is 1. The summed E-state index contributed by atoms with van der Waals surface area (Å²) >= 11 is 12.3. The second-order valence-corrected chi connectivity index (χ2v) is 6.31. The number of halogens is 2. The van der Waals surface area contributed by atoms with Gasteiger partial charge in [0.2, 0.25) is 0 Å². The predicted octanol–water partition coefficient (Wildman–Crippen LogP) is 3.75. The third kappa shape index (κ3) is 3.98. The highest BCUT2D eigenvalue weighted by Crippen LogP contribution is 2.36. The van der Waals surface area contributed by atoms with Gasteiger partial charge in [0, 0.05) is 30.0 Å². The molecule has 3 aromatic rings. The minimum atomic E-state index is 0.480. The largest absolute Gasteiger partial charge is 0.452 e. The number of ether oxygens (including phenoxy) is 1. The van der Waals surface area contributed by atoms with Crippen molar-refractivity contribution in [2.75, 3.05) is 6.54 Å². The molecule has 0 atom stereocenters. The maximum atomic E-state index is 6.26.